The summed E-state index contributed by atoms with van der Waals surface area (Å²) in [5.41, 5.74) is 4.86. The third-order valence-electron chi connectivity index (χ3n) is 3.61. The van der Waals surface area contributed by atoms with Gasteiger partial charge in [0, 0.05) is 6.20 Å². The van der Waals surface area contributed by atoms with E-state index in [0.717, 1.165) is 11.4 Å². The van der Waals surface area contributed by atoms with E-state index in [2.05, 4.69) is 64.7 Å². The standard InChI is InChI=1S/C19H26N2/c1-18(2,3)15-10-7-11-16(19(4,5)6)17(15)21-13-14-9-8-12-20-14/h7-13,20H,1-6H3. The molecule has 1 aromatic carbocycles. The van der Waals surface area contributed by atoms with E-state index in [1.807, 2.05) is 24.5 Å². The molecular formula is C19H26N2. The zero-order valence-corrected chi connectivity index (χ0v) is 14.0. The summed E-state index contributed by atoms with van der Waals surface area (Å²) < 4.78 is 0. The van der Waals surface area contributed by atoms with Gasteiger partial charge in [-0.05, 0) is 34.1 Å². The minimum atomic E-state index is 0.0731. The zero-order valence-electron chi connectivity index (χ0n) is 14.0. The van der Waals surface area contributed by atoms with Crippen molar-refractivity contribution in [2.24, 2.45) is 4.99 Å². The number of aromatic nitrogens is 1. The van der Waals surface area contributed by atoms with E-state index in [0.29, 0.717) is 0 Å². The second kappa shape index (κ2) is 5.51. The second-order valence-corrected chi connectivity index (χ2v) is 7.59. The molecule has 2 aromatic rings. The molecule has 2 rings (SSSR count). The van der Waals surface area contributed by atoms with E-state index < -0.39 is 0 Å². The lowest BCUT2D eigenvalue weighted by atomic mass is 9.79. The van der Waals surface area contributed by atoms with Crippen molar-refractivity contribution in [3.8, 4) is 0 Å². The Labute approximate surface area is 128 Å². The fourth-order valence-corrected chi connectivity index (χ4v) is 2.45. The Hall–Kier alpha value is -1.83. The Balaban J connectivity index is 2.59. The summed E-state index contributed by atoms with van der Waals surface area (Å²) in [7, 11) is 0. The van der Waals surface area contributed by atoms with Gasteiger partial charge >= 0.3 is 0 Å². The van der Waals surface area contributed by atoms with Crippen LogP contribution in [-0.2, 0) is 10.8 Å². The molecule has 0 amide bonds. The molecular weight excluding hydrogens is 256 g/mol. The summed E-state index contributed by atoms with van der Waals surface area (Å²) in [6, 6.07) is 10.5. The van der Waals surface area contributed by atoms with Crippen molar-refractivity contribution in [1.29, 1.82) is 0 Å². The lowest BCUT2D eigenvalue weighted by molar-refractivity contribution is 0.571. The third-order valence-corrected chi connectivity index (χ3v) is 3.61. The lowest BCUT2D eigenvalue weighted by Crippen LogP contribution is -2.17. The molecule has 0 aliphatic carbocycles. The Morgan fingerprint density at radius 2 is 1.43 bits per heavy atom. The Morgan fingerprint density at radius 3 is 1.86 bits per heavy atom. The van der Waals surface area contributed by atoms with Crippen LogP contribution in [0.15, 0.2) is 41.5 Å². The van der Waals surface area contributed by atoms with Crippen LogP contribution in [0.1, 0.15) is 58.4 Å². The van der Waals surface area contributed by atoms with Crippen molar-refractivity contribution in [2.45, 2.75) is 52.4 Å². The molecule has 0 atom stereocenters. The number of para-hydroxylation sites is 1. The summed E-state index contributed by atoms with van der Waals surface area (Å²) in [6.07, 6.45) is 3.83. The van der Waals surface area contributed by atoms with Crippen molar-refractivity contribution in [3.05, 3.63) is 53.3 Å². The number of aliphatic imine (C=N–C) groups is 1. The Kier molecular flexibility index (Phi) is 4.08. The molecule has 1 N–H and O–H groups in total. The highest BCUT2D eigenvalue weighted by Crippen LogP contribution is 2.39. The van der Waals surface area contributed by atoms with Crippen LogP contribution >= 0.6 is 0 Å². The van der Waals surface area contributed by atoms with Gasteiger partial charge in [-0.3, -0.25) is 4.99 Å². The molecule has 0 saturated carbocycles. The second-order valence-electron chi connectivity index (χ2n) is 7.59. The molecule has 21 heavy (non-hydrogen) atoms. The van der Waals surface area contributed by atoms with Crippen LogP contribution in [-0.4, -0.2) is 11.2 Å². The van der Waals surface area contributed by atoms with Gasteiger partial charge in [0.25, 0.3) is 0 Å². The molecule has 0 unspecified atom stereocenters. The first-order valence-electron chi connectivity index (χ1n) is 7.51. The maximum absolute atomic E-state index is 4.83. The van der Waals surface area contributed by atoms with Crippen molar-refractivity contribution >= 4 is 11.9 Å². The molecule has 0 radical (unpaired) electrons. The quantitative estimate of drug-likeness (QED) is 0.718. The fourth-order valence-electron chi connectivity index (χ4n) is 2.45. The molecule has 1 aromatic heterocycles. The summed E-state index contributed by atoms with van der Waals surface area (Å²) >= 11 is 0. The Bertz CT molecular complexity index is 588. The van der Waals surface area contributed by atoms with Gasteiger partial charge in [0.2, 0.25) is 0 Å². The lowest BCUT2D eigenvalue weighted by Gasteiger charge is -2.27. The van der Waals surface area contributed by atoms with Gasteiger partial charge in [0.15, 0.2) is 0 Å². The topological polar surface area (TPSA) is 28.1 Å². The van der Waals surface area contributed by atoms with Gasteiger partial charge in [-0.15, -0.1) is 0 Å². The Morgan fingerprint density at radius 1 is 0.857 bits per heavy atom. The molecule has 2 heteroatoms. The van der Waals surface area contributed by atoms with Crippen LogP contribution < -0.4 is 0 Å². The predicted octanol–water partition coefficient (Wildman–Crippen LogP) is 5.36. The molecule has 0 fully saturated rings. The van der Waals surface area contributed by atoms with Crippen LogP contribution in [0.25, 0.3) is 0 Å². The van der Waals surface area contributed by atoms with Crippen LogP contribution in [0.2, 0.25) is 0 Å². The van der Waals surface area contributed by atoms with E-state index in [1.165, 1.54) is 11.1 Å². The largest absolute Gasteiger partial charge is 0.360 e. The maximum Gasteiger partial charge on any atom is 0.0705 e. The maximum atomic E-state index is 4.83. The SMILES string of the molecule is CC(C)(C)c1cccc(C(C)(C)C)c1N=Cc1ccc[nH]1. The minimum Gasteiger partial charge on any atom is -0.360 e. The molecule has 112 valence electrons. The van der Waals surface area contributed by atoms with Crippen molar-refractivity contribution in [1.82, 2.24) is 4.98 Å². The average molecular weight is 282 g/mol. The van der Waals surface area contributed by atoms with Gasteiger partial charge in [-0.2, -0.15) is 0 Å². The van der Waals surface area contributed by atoms with Crippen molar-refractivity contribution in [3.63, 3.8) is 0 Å². The molecule has 0 spiro atoms. The van der Waals surface area contributed by atoms with Crippen LogP contribution in [0.5, 0.6) is 0 Å². The first-order chi connectivity index (χ1) is 9.69. The highest BCUT2D eigenvalue weighted by molar-refractivity contribution is 5.81. The highest BCUT2D eigenvalue weighted by atomic mass is 14.8. The number of nitrogens with one attached hydrogen (secondary N) is 1. The van der Waals surface area contributed by atoms with E-state index >= 15 is 0 Å². The van der Waals surface area contributed by atoms with Gasteiger partial charge in [0.05, 0.1) is 17.6 Å². The third kappa shape index (κ3) is 3.63. The number of aromatic amines is 1. The monoisotopic (exact) mass is 282 g/mol. The molecule has 0 saturated heterocycles. The molecule has 0 bridgehead atoms. The summed E-state index contributed by atoms with van der Waals surface area (Å²) in [4.78, 5) is 8.00. The molecule has 0 aliphatic heterocycles. The molecule has 0 aliphatic rings. The van der Waals surface area contributed by atoms with E-state index in [9.17, 15) is 0 Å². The van der Waals surface area contributed by atoms with Crippen LogP contribution in [0, 0.1) is 0 Å². The number of H-pyrrole nitrogens is 1. The number of nitrogens with zero attached hydrogens (tertiary/aromatic N) is 1. The van der Waals surface area contributed by atoms with Gasteiger partial charge in [-0.25, -0.2) is 0 Å². The number of rotatable bonds is 2. The zero-order chi connectivity index (χ0) is 15.7. The van der Waals surface area contributed by atoms with E-state index in [-0.39, 0.29) is 10.8 Å². The van der Waals surface area contributed by atoms with Crippen molar-refractivity contribution < 1.29 is 0 Å². The van der Waals surface area contributed by atoms with E-state index in [4.69, 9.17) is 4.99 Å². The summed E-state index contributed by atoms with van der Waals surface area (Å²) in [5, 5.41) is 0. The van der Waals surface area contributed by atoms with Crippen LogP contribution in [0.4, 0.5) is 5.69 Å². The highest BCUT2D eigenvalue weighted by Gasteiger charge is 2.24. The molecule has 2 nitrogen and oxygen atoms in total. The first kappa shape index (κ1) is 15.6. The number of benzene rings is 1. The molecule has 1 heterocycles. The van der Waals surface area contributed by atoms with E-state index in [1.54, 1.807) is 0 Å². The average Bonchev–Trinajstić information content (AvgIpc) is 2.86. The fraction of sp³-hybridized carbons (Fsp3) is 0.421. The minimum absolute atomic E-state index is 0.0731. The number of hydrogen-bond donors (Lipinski definition) is 1. The van der Waals surface area contributed by atoms with Gasteiger partial charge in [0.1, 0.15) is 0 Å². The normalized spacial score (nSPS) is 13.0. The van der Waals surface area contributed by atoms with Gasteiger partial charge in [-0.1, -0.05) is 59.7 Å². The first-order valence-corrected chi connectivity index (χ1v) is 7.51. The van der Waals surface area contributed by atoms with Gasteiger partial charge < -0.3 is 4.98 Å². The van der Waals surface area contributed by atoms with Crippen molar-refractivity contribution in [2.75, 3.05) is 0 Å². The summed E-state index contributed by atoms with van der Waals surface area (Å²) in [6.45, 7) is 13.4. The smallest absolute Gasteiger partial charge is 0.0705 e. The number of hydrogen-bond acceptors (Lipinski definition) is 1. The van der Waals surface area contributed by atoms with Crippen LogP contribution in [0.3, 0.4) is 0 Å². The predicted molar refractivity (Wildman–Crippen MR) is 91.9 cm³/mol. The summed E-state index contributed by atoms with van der Waals surface area (Å²) in [5.74, 6) is 0.